The fraction of sp³-hybridized carbons (Fsp3) is 0.0370. The number of primary sulfonamides is 1. The zero-order chi connectivity index (χ0) is 26.9. The monoisotopic (exact) mass is 540 g/mol. The maximum absolute atomic E-state index is 13.6. The minimum atomic E-state index is -3.89. The van der Waals surface area contributed by atoms with Crippen LogP contribution in [0.3, 0.4) is 0 Å². The van der Waals surface area contributed by atoms with Crippen molar-refractivity contribution in [2.75, 3.05) is 10.2 Å². The van der Waals surface area contributed by atoms with Gasteiger partial charge in [-0.25, -0.2) is 13.6 Å². The Morgan fingerprint density at radius 1 is 1.03 bits per heavy atom. The Morgan fingerprint density at radius 3 is 2.58 bits per heavy atom. The highest BCUT2D eigenvalue weighted by Gasteiger charge is 2.35. The number of nitrogens with two attached hydrogens (primary N) is 1. The average Bonchev–Trinajstić information content (AvgIpc) is 3.16. The molecule has 1 amide bonds. The molecule has 5 rings (SSSR count). The molecule has 38 heavy (non-hydrogen) atoms. The number of benzene rings is 4. The van der Waals surface area contributed by atoms with Crippen LogP contribution < -0.4 is 20.8 Å². The smallest absolute Gasteiger partial charge is 0.279 e. The predicted molar refractivity (Wildman–Crippen MR) is 150 cm³/mol. The minimum absolute atomic E-state index is 0.0300. The number of hydrazone groups is 1. The molecule has 0 spiro atoms. The van der Waals surface area contributed by atoms with Crippen molar-refractivity contribution in [3.63, 3.8) is 0 Å². The number of hydrogen-bond acceptors (Lipinski definition) is 6. The zero-order valence-electron chi connectivity index (χ0n) is 19.8. The first-order chi connectivity index (χ1) is 18.2. The van der Waals surface area contributed by atoms with Crippen LogP contribution in [-0.2, 0) is 21.4 Å². The van der Waals surface area contributed by atoms with Gasteiger partial charge in [0.15, 0.2) is 10.8 Å². The van der Waals surface area contributed by atoms with Crippen LogP contribution in [0.5, 0.6) is 0 Å². The molecular weight excluding hydrogens is 520 g/mol. The summed E-state index contributed by atoms with van der Waals surface area (Å²) in [5, 5.41) is 23.8. The van der Waals surface area contributed by atoms with E-state index in [0.717, 1.165) is 16.3 Å². The number of thiocarbonyl (C=S) groups is 1. The van der Waals surface area contributed by atoms with Crippen LogP contribution in [-0.4, -0.2) is 25.1 Å². The number of nitrogens with zero attached hydrogens (tertiary/aromatic N) is 3. The Bertz CT molecular complexity index is 1790. The van der Waals surface area contributed by atoms with Crippen molar-refractivity contribution in [1.82, 2.24) is 5.43 Å². The summed E-state index contributed by atoms with van der Waals surface area (Å²) in [6, 6.07) is 26.8. The van der Waals surface area contributed by atoms with Crippen molar-refractivity contribution < 1.29 is 13.2 Å². The number of nitriles is 1. The molecule has 4 aromatic rings. The van der Waals surface area contributed by atoms with E-state index in [1.165, 1.54) is 18.2 Å². The largest absolute Gasteiger partial charge is 0.331 e. The second kappa shape index (κ2) is 10.0. The molecule has 0 atom stereocenters. The van der Waals surface area contributed by atoms with Crippen molar-refractivity contribution in [2.24, 2.45) is 10.2 Å². The quantitative estimate of drug-likeness (QED) is 0.259. The number of carbonyl (C=O) groups is 1. The molecule has 1 heterocycles. The Kier molecular flexibility index (Phi) is 6.61. The average molecular weight is 541 g/mol. The first kappa shape index (κ1) is 25.0. The standard InChI is InChI=1S/C27H20N6O3S2/c28-15-17-11-12-24-23(13-17)25(31-32-27(37)30-20-8-4-9-21(14-20)38(29,35)36)26(34)33(24)16-19-7-3-6-18-5-1-2-10-22(18)19/h1-14H,16H2,(H2,29,35,36)(H2,30,32,37). The molecule has 0 saturated heterocycles. The molecular formula is C27H20N6O3S2. The van der Waals surface area contributed by atoms with Gasteiger partial charge in [-0.15, -0.1) is 0 Å². The Morgan fingerprint density at radius 2 is 1.79 bits per heavy atom. The Balaban J connectivity index is 1.43. The van der Waals surface area contributed by atoms with E-state index in [0.29, 0.717) is 29.0 Å². The fourth-order valence-electron chi connectivity index (χ4n) is 4.27. The third-order valence-electron chi connectivity index (χ3n) is 6.02. The maximum Gasteiger partial charge on any atom is 0.279 e. The van der Waals surface area contributed by atoms with Gasteiger partial charge in [0.05, 0.1) is 28.8 Å². The normalized spacial score (nSPS) is 13.8. The third-order valence-corrected chi connectivity index (χ3v) is 7.12. The van der Waals surface area contributed by atoms with E-state index in [1.807, 2.05) is 42.5 Å². The minimum Gasteiger partial charge on any atom is -0.331 e. The number of fused-ring (bicyclic) bond motifs is 2. The first-order valence-electron chi connectivity index (χ1n) is 11.3. The van der Waals surface area contributed by atoms with Gasteiger partial charge in [-0.3, -0.25) is 10.2 Å². The van der Waals surface area contributed by atoms with Gasteiger partial charge in [-0.1, -0.05) is 48.5 Å². The molecule has 188 valence electrons. The van der Waals surface area contributed by atoms with E-state index in [1.54, 1.807) is 29.2 Å². The number of anilines is 2. The van der Waals surface area contributed by atoms with Gasteiger partial charge in [0.25, 0.3) is 5.91 Å². The number of rotatable bonds is 5. The number of amides is 1. The van der Waals surface area contributed by atoms with Crippen LogP contribution in [0.4, 0.5) is 11.4 Å². The second-order valence-corrected chi connectivity index (χ2v) is 10.4. The van der Waals surface area contributed by atoms with E-state index in [4.69, 9.17) is 17.4 Å². The summed E-state index contributed by atoms with van der Waals surface area (Å²) in [5.41, 5.74) is 5.60. The number of nitrogens with one attached hydrogen (secondary N) is 2. The van der Waals surface area contributed by atoms with Crippen LogP contribution in [0.1, 0.15) is 16.7 Å². The summed E-state index contributed by atoms with van der Waals surface area (Å²) in [6.45, 7) is 0.307. The number of carbonyl (C=O) groups excluding carboxylic acids is 1. The Hall–Kier alpha value is -4.63. The van der Waals surface area contributed by atoms with E-state index in [2.05, 4.69) is 21.9 Å². The summed E-state index contributed by atoms with van der Waals surface area (Å²) < 4.78 is 23.2. The summed E-state index contributed by atoms with van der Waals surface area (Å²) in [4.78, 5) is 15.1. The van der Waals surface area contributed by atoms with E-state index in [9.17, 15) is 18.5 Å². The van der Waals surface area contributed by atoms with E-state index < -0.39 is 10.0 Å². The summed E-state index contributed by atoms with van der Waals surface area (Å²) in [7, 11) is -3.89. The highest BCUT2D eigenvalue weighted by molar-refractivity contribution is 7.89. The molecule has 0 saturated carbocycles. The lowest BCUT2D eigenvalue weighted by Crippen LogP contribution is -2.32. The lowest BCUT2D eigenvalue weighted by atomic mass is 10.0. The van der Waals surface area contributed by atoms with Gasteiger partial charge in [-0.05, 0) is 65.0 Å². The summed E-state index contributed by atoms with van der Waals surface area (Å²) in [5.74, 6) is -0.352. The zero-order valence-corrected chi connectivity index (χ0v) is 21.4. The highest BCUT2D eigenvalue weighted by Crippen LogP contribution is 2.33. The molecule has 0 fully saturated rings. The molecule has 4 aromatic carbocycles. The molecule has 1 aliphatic rings. The van der Waals surface area contributed by atoms with E-state index in [-0.39, 0.29) is 21.6 Å². The molecule has 1 aliphatic heterocycles. The number of hydrogen-bond donors (Lipinski definition) is 3. The van der Waals surface area contributed by atoms with Gasteiger partial charge >= 0.3 is 0 Å². The van der Waals surface area contributed by atoms with Crippen LogP contribution in [0.2, 0.25) is 0 Å². The van der Waals surface area contributed by atoms with Gasteiger partial charge < -0.3 is 10.2 Å². The molecule has 0 bridgehead atoms. The molecule has 0 aromatic heterocycles. The van der Waals surface area contributed by atoms with Crippen molar-refractivity contribution in [1.29, 1.82) is 5.26 Å². The predicted octanol–water partition coefficient (Wildman–Crippen LogP) is 3.60. The molecule has 4 N–H and O–H groups in total. The summed E-state index contributed by atoms with van der Waals surface area (Å²) >= 11 is 5.29. The van der Waals surface area contributed by atoms with E-state index >= 15 is 0 Å². The van der Waals surface area contributed by atoms with Gasteiger partial charge in [-0.2, -0.15) is 10.4 Å². The SMILES string of the molecule is N#Cc1ccc2c(c1)C(=NNC(=S)Nc1cccc(S(N)(=O)=O)c1)C(=O)N2Cc1cccc2ccccc12. The highest BCUT2D eigenvalue weighted by atomic mass is 32.2. The van der Waals surface area contributed by atoms with Crippen LogP contribution >= 0.6 is 12.2 Å². The third kappa shape index (κ3) is 4.96. The second-order valence-electron chi connectivity index (χ2n) is 8.47. The Labute approximate surface area is 224 Å². The van der Waals surface area contributed by atoms with Crippen LogP contribution in [0.25, 0.3) is 10.8 Å². The summed E-state index contributed by atoms with van der Waals surface area (Å²) in [6.07, 6.45) is 0. The fourth-order valence-corrected chi connectivity index (χ4v) is 4.99. The molecule has 0 aliphatic carbocycles. The number of sulfonamides is 1. The van der Waals surface area contributed by atoms with Gasteiger partial charge in [0, 0.05) is 11.3 Å². The topological polar surface area (TPSA) is 141 Å². The first-order valence-corrected chi connectivity index (χ1v) is 13.3. The molecule has 0 unspecified atom stereocenters. The lowest BCUT2D eigenvalue weighted by molar-refractivity contribution is -0.112. The van der Waals surface area contributed by atoms with Crippen molar-refractivity contribution in [3.8, 4) is 6.07 Å². The van der Waals surface area contributed by atoms with Gasteiger partial charge in [0.1, 0.15) is 0 Å². The van der Waals surface area contributed by atoms with Crippen molar-refractivity contribution >= 4 is 61.1 Å². The molecule has 11 heteroatoms. The molecule has 0 radical (unpaired) electrons. The van der Waals surface area contributed by atoms with Gasteiger partial charge in [0.2, 0.25) is 10.0 Å². The molecule has 9 nitrogen and oxygen atoms in total. The van der Waals surface area contributed by atoms with Crippen LogP contribution in [0, 0.1) is 11.3 Å². The van der Waals surface area contributed by atoms with Crippen LogP contribution in [0.15, 0.2) is 94.9 Å². The maximum atomic E-state index is 13.6. The van der Waals surface area contributed by atoms with Crippen molar-refractivity contribution in [3.05, 3.63) is 102 Å². The van der Waals surface area contributed by atoms with Crippen molar-refractivity contribution in [2.45, 2.75) is 11.4 Å². The lowest BCUT2D eigenvalue weighted by Gasteiger charge is -2.18.